The number of nitrogens with zero attached hydrogens (tertiary/aromatic N) is 4. The van der Waals surface area contributed by atoms with E-state index >= 15 is 0 Å². The summed E-state index contributed by atoms with van der Waals surface area (Å²) in [5.41, 5.74) is 2.60. The number of methoxy groups -OCH3 is 1. The molecule has 0 radical (unpaired) electrons. The lowest BCUT2D eigenvalue weighted by Crippen LogP contribution is -2.51. The first-order valence-corrected chi connectivity index (χ1v) is 19.2. The number of ether oxygens (including phenoxy) is 1. The van der Waals surface area contributed by atoms with Crippen molar-refractivity contribution in [2.75, 3.05) is 20.2 Å². The predicted molar refractivity (Wildman–Crippen MR) is 206 cm³/mol. The Morgan fingerprint density at radius 1 is 0.870 bits per heavy atom. The van der Waals surface area contributed by atoms with Crippen LogP contribution < -0.4 is 5.32 Å². The predicted octanol–water partition coefficient (Wildman–Crippen LogP) is 7.13. The van der Waals surface area contributed by atoms with Crippen molar-refractivity contribution in [3.05, 3.63) is 71.3 Å². The van der Waals surface area contributed by atoms with Crippen LogP contribution >= 0.6 is 0 Å². The largest absolute Gasteiger partial charge is 0.453 e. The van der Waals surface area contributed by atoms with E-state index in [-0.39, 0.29) is 87.8 Å². The number of alkyl carbamates (subject to hydrolysis) is 1. The number of carbonyl (C=O) groups excluding carboxylic acids is 3. The van der Waals surface area contributed by atoms with E-state index in [1.165, 1.54) is 7.11 Å². The number of likely N-dealkylation sites (tertiary alicyclic amines) is 2. The van der Waals surface area contributed by atoms with Crippen LogP contribution in [-0.4, -0.2) is 73.9 Å². The fourth-order valence-electron chi connectivity index (χ4n) is 8.11. The molecule has 4 aliphatic rings. The first-order valence-electron chi connectivity index (χ1n) is 21.2. The number of hydrogen-bond acceptors (Lipinski definition) is 6. The highest BCUT2D eigenvalue weighted by molar-refractivity contribution is 5.87. The van der Waals surface area contributed by atoms with Gasteiger partial charge in [0.25, 0.3) is 0 Å². The molecule has 4 aromatic rings. The maximum absolute atomic E-state index is 13.9. The van der Waals surface area contributed by atoms with Crippen molar-refractivity contribution >= 4 is 28.9 Å². The van der Waals surface area contributed by atoms with Gasteiger partial charge in [-0.05, 0) is 97.0 Å². The Morgan fingerprint density at radius 3 is 2.11 bits per heavy atom. The molecule has 2 saturated carbocycles. The second-order valence-electron chi connectivity index (χ2n) is 16.8. The van der Waals surface area contributed by atoms with E-state index in [1.54, 1.807) is 12.3 Å². The zero-order chi connectivity index (χ0) is 41.4. The number of carbonyl (C=O) groups is 3. The van der Waals surface area contributed by atoms with E-state index in [4.69, 9.17) is 15.2 Å². The van der Waals surface area contributed by atoms with Gasteiger partial charge in [0, 0.05) is 30.1 Å². The summed E-state index contributed by atoms with van der Waals surface area (Å²) >= 11 is 0. The lowest BCUT2D eigenvalue weighted by atomic mass is 9.96. The van der Waals surface area contributed by atoms with Crippen LogP contribution in [0.15, 0.2) is 48.6 Å². The third kappa shape index (κ3) is 6.87. The number of H-pyrrole nitrogens is 2. The number of aromatic amines is 2. The maximum Gasteiger partial charge on any atom is 0.407 e. The van der Waals surface area contributed by atoms with Gasteiger partial charge in [0.15, 0.2) is 0 Å². The molecular formula is C43H51N7O4. The molecule has 0 bridgehead atoms. The van der Waals surface area contributed by atoms with Crippen LogP contribution in [0, 0.1) is 40.4 Å². The highest BCUT2D eigenvalue weighted by Gasteiger charge is 2.56. The van der Waals surface area contributed by atoms with E-state index in [9.17, 15) is 14.4 Å². The van der Waals surface area contributed by atoms with Gasteiger partial charge in [0.05, 0.1) is 47.6 Å². The van der Waals surface area contributed by atoms with Crippen LogP contribution in [0.25, 0.3) is 22.3 Å². The van der Waals surface area contributed by atoms with Crippen molar-refractivity contribution in [3.8, 4) is 23.1 Å². The normalized spacial score (nSPS) is 22.8. The third-order valence-corrected chi connectivity index (χ3v) is 12.2. The Kier molecular flexibility index (Phi) is 7.89. The smallest absolute Gasteiger partial charge is 0.407 e. The Labute approximate surface area is 322 Å². The molecule has 8 rings (SSSR count). The van der Waals surface area contributed by atoms with Gasteiger partial charge in [0.2, 0.25) is 11.8 Å². The molecule has 0 unspecified atom stereocenters. The molecular weight excluding hydrogens is 679 g/mol. The minimum atomic E-state index is -0.744. The molecule has 2 aromatic carbocycles. The summed E-state index contributed by atoms with van der Waals surface area (Å²) in [6.07, 6.45) is 6.68. The number of aromatic nitrogens is 4. The second kappa shape index (κ2) is 13.6. The van der Waals surface area contributed by atoms with Crippen molar-refractivity contribution in [3.63, 3.8) is 0 Å². The molecule has 3 N–H and O–H groups in total. The maximum atomic E-state index is 13.9. The van der Waals surface area contributed by atoms with Crippen molar-refractivity contribution in [2.45, 2.75) is 91.3 Å². The first-order chi connectivity index (χ1) is 27.5. The number of rotatable bonds is 8. The van der Waals surface area contributed by atoms with E-state index < -0.39 is 12.1 Å². The van der Waals surface area contributed by atoms with Crippen molar-refractivity contribution in [1.29, 1.82) is 0 Å². The van der Waals surface area contributed by atoms with Gasteiger partial charge in [-0.15, -0.1) is 0 Å². The van der Waals surface area contributed by atoms with Gasteiger partial charge in [-0.1, -0.05) is 58.5 Å². The fourth-order valence-corrected chi connectivity index (χ4v) is 8.11. The monoisotopic (exact) mass is 733 g/mol. The minimum Gasteiger partial charge on any atom is -0.453 e. The SMILES string of the molecule is [2H]c1c([2H])c(-c2cnc([C@@H]3CC4(CC4)CN3C(=O)[C@@H](C)C(C)C)[nH]2)c([2H])c([2H])c1C#Cc1ccc2nc([C@@H]3CC4(CC4)CN3C(=O)[C@@H](NC(=O)OC)C(C)C)[nH]c2c1. The zero-order valence-electron chi connectivity index (χ0n) is 35.9. The highest BCUT2D eigenvalue weighted by atomic mass is 16.5. The highest BCUT2D eigenvalue weighted by Crippen LogP contribution is 2.59. The molecule has 2 saturated heterocycles. The summed E-state index contributed by atoms with van der Waals surface area (Å²) < 4.78 is 40.4. The zero-order valence-corrected chi connectivity index (χ0v) is 31.9. The summed E-state index contributed by atoms with van der Waals surface area (Å²) in [5, 5.41) is 2.71. The molecule has 2 aliphatic carbocycles. The standard InChI is InChI=1S/C43H51N7O4/c1-25(2)27(5)39(51)49-23-42(15-16-42)20-34(49)37-44-22-33(47-37)30-12-9-28(10-13-30)7-8-29-11-14-31-32(19-29)46-38(45-31)35-21-43(17-18-43)24-50(35)40(52)36(26(3)4)48-41(53)54-6/h9-14,19,22,25-27,34-36H,15-18,20-21,23-24H2,1-6H3,(H,44,47)(H,45,46)(H,48,53)/t27-,34-,35-,36-/m0/s1/i9D,10D,12D,13D. The first kappa shape index (κ1) is 31.3. The van der Waals surface area contributed by atoms with Crippen LogP contribution in [0.3, 0.4) is 0 Å². The van der Waals surface area contributed by atoms with Crippen LogP contribution in [0.2, 0.25) is 0 Å². The van der Waals surface area contributed by atoms with Gasteiger partial charge < -0.3 is 29.8 Å². The van der Waals surface area contributed by atoms with Gasteiger partial charge in [-0.2, -0.15) is 0 Å². The van der Waals surface area contributed by atoms with Crippen molar-refractivity contribution in [2.24, 2.45) is 28.6 Å². The minimum absolute atomic E-state index is 0.0232. The third-order valence-electron chi connectivity index (χ3n) is 12.2. The molecule has 2 spiro atoms. The van der Waals surface area contributed by atoms with Crippen LogP contribution in [0.1, 0.15) is 113 Å². The fraction of sp³-hybridized carbons (Fsp3) is 0.512. The summed E-state index contributed by atoms with van der Waals surface area (Å²) in [6, 6.07) is 3.18. The van der Waals surface area contributed by atoms with Crippen molar-refractivity contribution in [1.82, 2.24) is 35.1 Å². The van der Waals surface area contributed by atoms with E-state index in [0.717, 1.165) is 38.5 Å². The lowest BCUT2D eigenvalue weighted by molar-refractivity contribution is -0.137. The van der Waals surface area contributed by atoms with E-state index in [0.29, 0.717) is 47.0 Å². The Bertz CT molecular complexity index is 2360. The average Bonchev–Trinajstić information content (AvgIpc) is 3.82. The van der Waals surface area contributed by atoms with Crippen LogP contribution in [0.5, 0.6) is 0 Å². The molecule has 11 nitrogen and oxygen atoms in total. The van der Waals surface area contributed by atoms with Gasteiger partial charge >= 0.3 is 6.09 Å². The number of fused-ring (bicyclic) bond motifs is 1. The quantitative estimate of drug-likeness (QED) is 0.165. The topological polar surface area (TPSA) is 136 Å². The Morgan fingerprint density at radius 2 is 1.50 bits per heavy atom. The molecule has 4 atom stereocenters. The van der Waals surface area contributed by atoms with Gasteiger partial charge in [-0.25, -0.2) is 14.8 Å². The molecule has 4 heterocycles. The van der Waals surface area contributed by atoms with Gasteiger partial charge in [-0.3, -0.25) is 9.59 Å². The lowest BCUT2D eigenvalue weighted by Gasteiger charge is -2.30. The molecule has 2 aliphatic heterocycles. The van der Waals surface area contributed by atoms with E-state index in [2.05, 4.69) is 32.1 Å². The molecule has 54 heavy (non-hydrogen) atoms. The summed E-state index contributed by atoms with van der Waals surface area (Å²) in [5.74, 6) is 7.03. The Balaban J connectivity index is 1.04. The summed E-state index contributed by atoms with van der Waals surface area (Å²) in [4.78, 5) is 59.5. The summed E-state index contributed by atoms with van der Waals surface area (Å²) in [6.45, 7) is 11.1. The van der Waals surface area contributed by atoms with E-state index in [1.807, 2.05) is 56.6 Å². The van der Waals surface area contributed by atoms with Crippen molar-refractivity contribution < 1.29 is 24.6 Å². The van der Waals surface area contributed by atoms with Gasteiger partial charge in [0.1, 0.15) is 17.7 Å². The number of nitrogens with one attached hydrogen (secondary N) is 3. The molecule has 4 fully saturated rings. The Hall–Kier alpha value is -5.11. The number of benzene rings is 2. The molecule has 3 amide bonds. The van der Waals surface area contributed by atoms with Crippen LogP contribution in [-0.2, 0) is 14.3 Å². The summed E-state index contributed by atoms with van der Waals surface area (Å²) in [7, 11) is 1.28. The number of amides is 3. The molecule has 2 aromatic heterocycles. The molecule has 282 valence electrons. The second-order valence-corrected chi connectivity index (χ2v) is 16.8. The van der Waals surface area contributed by atoms with Crippen LogP contribution in [0.4, 0.5) is 4.79 Å². The average molecular weight is 734 g/mol. The number of imidazole rings is 2. The number of hydrogen-bond donors (Lipinski definition) is 3. The molecule has 11 heteroatoms.